The Bertz CT molecular complexity index is 348. The van der Waals surface area contributed by atoms with Crippen LogP contribution in [0.1, 0.15) is 25.5 Å². The molecule has 76 valence electrons. The second-order valence-corrected chi connectivity index (χ2v) is 4.43. The molecule has 0 unspecified atom stereocenters. The van der Waals surface area contributed by atoms with Gasteiger partial charge in [-0.05, 0) is 5.92 Å². The smallest absolute Gasteiger partial charge is 0.323 e. The van der Waals surface area contributed by atoms with Crippen molar-refractivity contribution in [2.24, 2.45) is 0 Å². The minimum absolute atomic E-state index is 0.0327. The molecule has 1 aliphatic heterocycles. The van der Waals surface area contributed by atoms with Gasteiger partial charge in [0.2, 0.25) is 0 Å². The van der Waals surface area contributed by atoms with Crippen molar-refractivity contribution in [3.05, 3.63) is 11.1 Å². The number of thiazole rings is 1. The second kappa shape index (κ2) is 3.57. The van der Waals surface area contributed by atoms with Crippen LogP contribution in [0.25, 0.3) is 0 Å². The Labute approximate surface area is 86.9 Å². The summed E-state index contributed by atoms with van der Waals surface area (Å²) in [5.41, 5.74) is 1.06. The molecule has 0 aromatic carbocycles. The number of carbonyl (C=O) groups excluding carboxylic acids is 1. The first kappa shape index (κ1) is 9.45. The first-order chi connectivity index (χ1) is 6.68. The summed E-state index contributed by atoms with van der Waals surface area (Å²) in [6.45, 7) is 5.64. The predicted molar refractivity (Wildman–Crippen MR) is 56.9 cm³/mol. The van der Waals surface area contributed by atoms with Crippen LogP contribution in [-0.4, -0.2) is 24.1 Å². The van der Waals surface area contributed by atoms with E-state index in [2.05, 4.69) is 24.1 Å². The third kappa shape index (κ3) is 1.59. The van der Waals surface area contributed by atoms with E-state index in [0.717, 1.165) is 23.9 Å². The number of hydrogen-bond acceptors (Lipinski definition) is 3. The average molecular weight is 211 g/mol. The number of nitrogens with zero attached hydrogens (tertiary/aromatic N) is 2. The maximum absolute atomic E-state index is 11.3. The van der Waals surface area contributed by atoms with Crippen LogP contribution in [0.15, 0.2) is 5.38 Å². The molecule has 1 aromatic rings. The summed E-state index contributed by atoms with van der Waals surface area (Å²) in [5.74, 6) is 0.422. The van der Waals surface area contributed by atoms with Gasteiger partial charge in [-0.3, -0.25) is 4.90 Å². The van der Waals surface area contributed by atoms with Gasteiger partial charge >= 0.3 is 6.03 Å². The van der Waals surface area contributed by atoms with Crippen molar-refractivity contribution in [3.8, 4) is 0 Å². The van der Waals surface area contributed by atoms with E-state index >= 15 is 0 Å². The molecule has 4 nitrogen and oxygen atoms in total. The van der Waals surface area contributed by atoms with E-state index in [1.165, 1.54) is 11.3 Å². The lowest BCUT2D eigenvalue weighted by Crippen LogP contribution is -2.27. The Morgan fingerprint density at radius 2 is 2.43 bits per heavy atom. The van der Waals surface area contributed by atoms with E-state index in [9.17, 15) is 4.79 Å². The van der Waals surface area contributed by atoms with Crippen molar-refractivity contribution in [1.29, 1.82) is 0 Å². The molecule has 1 saturated heterocycles. The van der Waals surface area contributed by atoms with Crippen molar-refractivity contribution in [2.75, 3.05) is 18.0 Å². The van der Waals surface area contributed by atoms with Gasteiger partial charge in [0.25, 0.3) is 0 Å². The molecular formula is C9H13N3OS. The fourth-order valence-electron chi connectivity index (χ4n) is 1.32. The van der Waals surface area contributed by atoms with Crippen molar-refractivity contribution in [3.63, 3.8) is 0 Å². The van der Waals surface area contributed by atoms with Gasteiger partial charge in [0.15, 0.2) is 5.13 Å². The third-order valence-electron chi connectivity index (χ3n) is 2.19. The summed E-state index contributed by atoms with van der Waals surface area (Å²) in [5, 5.41) is 5.59. The van der Waals surface area contributed by atoms with Gasteiger partial charge in [-0.25, -0.2) is 9.78 Å². The number of nitrogens with one attached hydrogen (secondary N) is 1. The number of hydrogen-bond donors (Lipinski definition) is 1. The van der Waals surface area contributed by atoms with E-state index in [1.807, 2.05) is 5.38 Å². The molecule has 2 rings (SSSR count). The first-order valence-electron chi connectivity index (χ1n) is 4.69. The highest BCUT2D eigenvalue weighted by molar-refractivity contribution is 7.14. The van der Waals surface area contributed by atoms with Crippen LogP contribution in [0.4, 0.5) is 9.93 Å². The Morgan fingerprint density at radius 3 is 2.93 bits per heavy atom. The zero-order chi connectivity index (χ0) is 10.1. The monoisotopic (exact) mass is 211 g/mol. The van der Waals surface area contributed by atoms with E-state index in [-0.39, 0.29) is 6.03 Å². The molecular weight excluding hydrogens is 198 g/mol. The van der Waals surface area contributed by atoms with Gasteiger partial charge in [0.1, 0.15) is 0 Å². The highest BCUT2D eigenvalue weighted by Crippen LogP contribution is 2.25. The Morgan fingerprint density at radius 1 is 1.64 bits per heavy atom. The van der Waals surface area contributed by atoms with Gasteiger partial charge < -0.3 is 5.32 Å². The SMILES string of the molecule is CC(C)c1csc(N2CCNC2=O)n1. The largest absolute Gasteiger partial charge is 0.336 e. The van der Waals surface area contributed by atoms with Gasteiger partial charge in [0, 0.05) is 18.5 Å². The minimum Gasteiger partial charge on any atom is -0.336 e. The molecule has 0 atom stereocenters. The lowest BCUT2D eigenvalue weighted by atomic mass is 10.2. The maximum atomic E-state index is 11.3. The summed E-state index contributed by atoms with van der Waals surface area (Å²) in [7, 11) is 0. The number of anilines is 1. The van der Waals surface area contributed by atoms with Crippen LogP contribution in [0.3, 0.4) is 0 Å². The predicted octanol–water partition coefficient (Wildman–Crippen LogP) is 1.80. The molecule has 1 N–H and O–H groups in total. The number of carbonyl (C=O) groups is 1. The minimum atomic E-state index is -0.0327. The van der Waals surface area contributed by atoms with Crippen molar-refractivity contribution >= 4 is 22.5 Å². The van der Waals surface area contributed by atoms with Crippen molar-refractivity contribution in [1.82, 2.24) is 10.3 Å². The molecule has 1 aliphatic rings. The molecule has 2 amide bonds. The summed E-state index contributed by atoms with van der Waals surface area (Å²) in [6.07, 6.45) is 0. The lowest BCUT2D eigenvalue weighted by Gasteiger charge is -2.08. The number of rotatable bonds is 2. The van der Waals surface area contributed by atoms with Gasteiger partial charge in [-0.1, -0.05) is 13.8 Å². The number of aromatic nitrogens is 1. The topological polar surface area (TPSA) is 45.2 Å². The molecule has 1 fully saturated rings. The molecule has 5 heteroatoms. The van der Waals surface area contributed by atoms with Gasteiger partial charge in [0.05, 0.1) is 5.69 Å². The van der Waals surface area contributed by atoms with Crippen LogP contribution >= 0.6 is 11.3 Å². The number of urea groups is 1. The van der Waals surface area contributed by atoms with Crippen molar-refractivity contribution in [2.45, 2.75) is 19.8 Å². The first-order valence-corrected chi connectivity index (χ1v) is 5.57. The quantitative estimate of drug-likeness (QED) is 0.810. The van der Waals surface area contributed by atoms with E-state index in [4.69, 9.17) is 0 Å². The van der Waals surface area contributed by atoms with E-state index in [0.29, 0.717) is 5.92 Å². The molecule has 2 heterocycles. The Kier molecular flexibility index (Phi) is 2.41. The zero-order valence-corrected chi connectivity index (χ0v) is 9.10. The second-order valence-electron chi connectivity index (χ2n) is 3.59. The van der Waals surface area contributed by atoms with E-state index in [1.54, 1.807) is 4.90 Å². The highest BCUT2D eigenvalue weighted by atomic mass is 32.1. The highest BCUT2D eigenvalue weighted by Gasteiger charge is 2.23. The fraction of sp³-hybridized carbons (Fsp3) is 0.556. The van der Waals surface area contributed by atoms with Crippen molar-refractivity contribution < 1.29 is 4.79 Å². The van der Waals surface area contributed by atoms with Crippen LogP contribution < -0.4 is 10.2 Å². The van der Waals surface area contributed by atoms with Crippen LogP contribution in [-0.2, 0) is 0 Å². The summed E-state index contributed by atoms with van der Waals surface area (Å²) < 4.78 is 0. The standard InChI is InChI=1S/C9H13N3OS/c1-6(2)7-5-14-9(11-7)12-4-3-10-8(12)13/h5-6H,3-4H2,1-2H3,(H,10,13). The fourth-order valence-corrected chi connectivity index (χ4v) is 2.33. The third-order valence-corrected chi connectivity index (χ3v) is 3.07. The van der Waals surface area contributed by atoms with E-state index < -0.39 is 0 Å². The molecule has 1 aromatic heterocycles. The molecule has 0 aliphatic carbocycles. The molecule has 0 spiro atoms. The van der Waals surface area contributed by atoms with Gasteiger partial charge in [-0.15, -0.1) is 11.3 Å². The number of amides is 2. The molecule has 0 radical (unpaired) electrons. The molecule has 0 bridgehead atoms. The molecule has 0 saturated carbocycles. The van der Waals surface area contributed by atoms with Crippen LogP contribution in [0.5, 0.6) is 0 Å². The molecule has 14 heavy (non-hydrogen) atoms. The zero-order valence-electron chi connectivity index (χ0n) is 8.28. The summed E-state index contributed by atoms with van der Waals surface area (Å²) in [6, 6.07) is -0.0327. The lowest BCUT2D eigenvalue weighted by molar-refractivity contribution is 0.252. The maximum Gasteiger partial charge on any atom is 0.323 e. The van der Waals surface area contributed by atoms with Crippen LogP contribution in [0.2, 0.25) is 0 Å². The average Bonchev–Trinajstić information content (AvgIpc) is 2.71. The normalized spacial score (nSPS) is 16.5. The Hall–Kier alpha value is -1.10. The summed E-state index contributed by atoms with van der Waals surface area (Å²) >= 11 is 1.53. The Balaban J connectivity index is 2.20. The summed E-state index contributed by atoms with van der Waals surface area (Å²) in [4.78, 5) is 17.5. The van der Waals surface area contributed by atoms with Crippen LogP contribution in [0, 0.1) is 0 Å². The van der Waals surface area contributed by atoms with Gasteiger partial charge in [-0.2, -0.15) is 0 Å².